The van der Waals surface area contributed by atoms with Gasteiger partial charge in [0.15, 0.2) is 6.54 Å². The Morgan fingerprint density at radius 3 is 2.00 bits per heavy atom. The van der Waals surface area contributed by atoms with Crippen LogP contribution in [-0.2, 0) is 10.1 Å². The summed E-state index contributed by atoms with van der Waals surface area (Å²) in [4.78, 5) is 1.74. The minimum atomic E-state index is -4.83. The summed E-state index contributed by atoms with van der Waals surface area (Å²) in [5.41, 5.74) is 11.2. The summed E-state index contributed by atoms with van der Waals surface area (Å²) in [6.45, 7) is 12.8. The van der Waals surface area contributed by atoms with E-state index in [4.69, 9.17) is 4.42 Å². The van der Waals surface area contributed by atoms with Crippen LogP contribution < -0.4 is 14.8 Å². The lowest BCUT2D eigenvalue weighted by molar-refractivity contribution is 0.291. The normalized spacial score (nSPS) is 12.5. The molecule has 0 saturated heterocycles. The monoisotopic (exact) mass is 690 g/mol. The molecule has 2 aliphatic rings. The number of aliphatic hydroxyl groups is 2. The van der Waals surface area contributed by atoms with Crippen LogP contribution in [-0.4, -0.2) is 49.5 Å². The molecule has 4 aromatic carbocycles. The van der Waals surface area contributed by atoms with Crippen molar-refractivity contribution < 1.29 is 27.6 Å². The average Bonchev–Trinajstić information content (AvgIpc) is 3.04. The molecule has 0 aromatic heterocycles. The van der Waals surface area contributed by atoms with Gasteiger partial charge in [-0.15, -0.1) is 0 Å². The predicted molar refractivity (Wildman–Crippen MR) is 199 cm³/mol. The molecule has 8 nitrogen and oxygen atoms in total. The molecule has 2 N–H and O–H groups in total. The van der Waals surface area contributed by atoms with Crippen LogP contribution >= 0.6 is 0 Å². The zero-order chi connectivity index (χ0) is 35.9. The van der Waals surface area contributed by atoms with Gasteiger partial charge in [-0.05, 0) is 89.1 Å². The molecule has 4 aromatic rings. The van der Waals surface area contributed by atoms with Crippen molar-refractivity contribution in [3.8, 4) is 22.5 Å². The molecule has 0 radical (unpaired) electrons. The van der Waals surface area contributed by atoms with Crippen molar-refractivity contribution in [1.82, 2.24) is 4.58 Å². The van der Waals surface area contributed by atoms with Gasteiger partial charge in [0.1, 0.15) is 28.1 Å². The number of aliphatic hydroxyl groups excluding tert-OH is 2. The summed E-state index contributed by atoms with van der Waals surface area (Å²) < 4.78 is 46.5. The number of rotatable bonds is 9. The molecule has 0 fully saturated rings. The van der Waals surface area contributed by atoms with Crippen LogP contribution in [0.5, 0.6) is 0 Å². The van der Waals surface area contributed by atoms with Gasteiger partial charge in [0.2, 0.25) is 11.0 Å². The van der Waals surface area contributed by atoms with Crippen molar-refractivity contribution in [2.75, 3.05) is 31.2 Å². The maximum absolute atomic E-state index is 12.6. The molecule has 0 amide bonds. The smallest absolute Gasteiger partial charge is 0.211 e. The van der Waals surface area contributed by atoms with Crippen LogP contribution in [0.1, 0.15) is 33.4 Å². The first kappa shape index (κ1) is 35.0. The van der Waals surface area contributed by atoms with Crippen molar-refractivity contribution in [2.45, 2.75) is 46.4 Å². The summed E-state index contributed by atoms with van der Waals surface area (Å²) in [5.74, 6) is 0.474. The Labute approximate surface area is 293 Å². The molecule has 0 bridgehead atoms. The molecule has 50 heavy (non-hydrogen) atoms. The summed E-state index contributed by atoms with van der Waals surface area (Å²) in [6, 6.07) is 26.1. The highest BCUT2D eigenvalue weighted by Crippen LogP contribution is 2.44. The SMILES string of the molecule is Cc1cc(C)c(N(CCO)c2ccc3c(-c4ccccc4S(=O)(=O)[O-])c4ccc(=[N+](CCO)c5c(C)cc(C)cc5C)cc-4oc3c2)c(C)c1. The summed E-state index contributed by atoms with van der Waals surface area (Å²) in [6.07, 6.45) is 0. The standard InChI is InChI=1S/C41H42N2O6S/c1-25-19-27(3)40(28(4)20-25)42(15-17-44)31-11-13-33-36(23-31)49-37-24-32(43(16-18-45)41-29(5)21-26(2)22-30(41)6)12-14-34(37)39(33)35-9-7-8-10-38(35)50(46,47)48/h7-14,19-24,44-45H,15-18H2,1-6H3. The lowest BCUT2D eigenvalue weighted by Gasteiger charge is -2.28. The molecular formula is C41H42N2O6S. The Hall–Kier alpha value is -4.80. The Bertz CT molecular complexity index is 2370. The largest absolute Gasteiger partial charge is 0.744 e. The zero-order valence-electron chi connectivity index (χ0n) is 29.2. The molecular weight excluding hydrogens is 649 g/mol. The van der Waals surface area contributed by atoms with Crippen LogP contribution in [0.2, 0.25) is 0 Å². The second-order valence-corrected chi connectivity index (χ2v) is 14.4. The van der Waals surface area contributed by atoms with E-state index in [2.05, 4.69) is 47.6 Å². The van der Waals surface area contributed by atoms with Crippen LogP contribution in [0, 0.1) is 41.5 Å². The Kier molecular flexibility index (Phi) is 9.70. The van der Waals surface area contributed by atoms with Gasteiger partial charge in [0, 0.05) is 63.3 Å². The van der Waals surface area contributed by atoms with Crippen molar-refractivity contribution >= 4 is 38.1 Å². The van der Waals surface area contributed by atoms with E-state index in [1.54, 1.807) is 18.2 Å². The molecule has 6 rings (SSSR count). The summed E-state index contributed by atoms with van der Waals surface area (Å²) >= 11 is 0. The molecule has 9 heteroatoms. The molecule has 1 heterocycles. The quantitative estimate of drug-likeness (QED) is 0.0938. The van der Waals surface area contributed by atoms with Crippen LogP contribution in [0.3, 0.4) is 0 Å². The molecule has 258 valence electrons. The molecule has 1 aliphatic heterocycles. The number of aryl methyl sites for hydroxylation is 6. The molecule has 0 unspecified atom stereocenters. The second kappa shape index (κ2) is 13.8. The highest BCUT2D eigenvalue weighted by atomic mass is 32.2. The fourth-order valence-electron chi connectivity index (χ4n) is 7.52. The molecule has 0 spiro atoms. The zero-order valence-corrected chi connectivity index (χ0v) is 30.1. The summed E-state index contributed by atoms with van der Waals surface area (Å²) in [5, 5.41) is 21.7. The minimum absolute atomic E-state index is 0.0818. The number of fused-ring (bicyclic) bond motifs is 2. The fraction of sp³-hybridized carbons (Fsp3) is 0.244. The molecule has 1 aliphatic carbocycles. The van der Waals surface area contributed by atoms with E-state index < -0.39 is 10.1 Å². The van der Waals surface area contributed by atoms with E-state index in [9.17, 15) is 23.2 Å². The average molecular weight is 691 g/mol. The summed E-state index contributed by atoms with van der Waals surface area (Å²) in [7, 11) is -4.83. The first-order chi connectivity index (χ1) is 23.8. The van der Waals surface area contributed by atoms with Crippen molar-refractivity contribution in [3.05, 3.63) is 124 Å². The molecule has 0 saturated carbocycles. The van der Waals surface area contributed by atoms with E-state index in [0.29, 0.717) is 40.9 Å². The third kappa shape index (κ3) is 6.57. The van der Waals surface area contributed by atoms with Gasteiger partial charge in [-0.3, -0.25) is 0 Å². The van der Waals surface area contributed by atoms with Crippen molar-refractivity contribution in [2.24, 2.45) is 0 Å². The van der Waals surface area contributed by atoms with Gasteiger partial charge in [0.25, 0.3) is 0 Å². The minimum Gasteiger partial charge on any atom is -0.744 e. The fourth-order valence-corrected chi connectivity index (χ4v) is 8.21. The van der Waals surface area contributed by atoms with Gasteiger partial charge in [-0.1, -0.05) is 41.5 Å². The number of hydrogen-bond donors (Lipinski definition) is 2. The third-order valence-electron chi connectivity index (χ3n) is 9.20. The number of nitrogens with zero attached hydrogens (tertiary/aromatic N) is 2. The number of benzene rings is 5. The van der Waals surface area contributed by atoms with Gasteiger partial charge in [-0.2, -0.15) is 4.58 Å². The first-order valence-corrected chi connectivity index (χ1v) is 18.0. The van der Waals surface area contributed by atoms with Gasteiger partial charge in [-0.25, -0.2) is 8.42 Å². The Morgan fingerprint density at radius 2 is 1.38 bits per heavy atom. The van der Waals surface area contributed by atoms with E-state index in [0.717, 1.165) is 55.8 Å². The predicted octanol–water partition coefficient (Wildman–Crippen LogP) is 7.19. The van der Waals surface area contributed by atoms with E-state index in [1.807, 2.05) is 64.1 Å². The second-order valence-electron chi connectivity index (χ2n) is 13.0. The molecule has 0 atom stereocenters. The van der Waals surface area contributed by atoms with Crippen LogP contribution in [0.25, 0.3) is 33.4 Å². The number of hydrogen-bond acceptors (Lipinski definition) is 7. The van der Waals surface area contributed by atoms with Gasteiger partial charge < -0.3 is 24.1 Å². The van der Waals surface area contributed by atoms with Crippen molar-refractivity contribution in [1.29, 1.82) is 0 Å². The van der Waals surface area contributed by atoms with E-state index in [1.165, 1.54) is 6.07 Å². The lowest BCUT2D eigenvalue weighted by atomic mass is 9.93. The maximum atomic E-state index is 12.6. The highest BCUT2D eigenvalue weighted by molar-refractivity contribution is 7.85. The van der Waals surface area contributed by atoms with Gasteiger partial charge in [0.05, 0.1) is 17.6 Å². The number of anilines is 2. The Morgan fingerprint density at radius 1 is 0.740 bits per heavy atom. The van der Waals surface area contributed by atoms with Crippen LogP contribution in [0.15, 0.2) is 94.2 Å². The first-order valence-electron chi connectivity index (χ1n) is 16.6. The van der Waals surface area contributed by atoms with Gasteiger partial charge >= 0.3 is 0 Å². The van der Waals surface area contributed by atoms with Crippen LogP contribution in [0.4, 0.5) is 17.1 Å². The Balaban J connectivity index is 1.71. The lowest BCUT2D eigenvalue weighted by Crippen LogP contribution is -2.29. The van der Waals surface area contributed by atoms with Crippen molar-refractivity contribution in [3.63, 3.8) is 0 Å². The van der Waals surface area contributed by atoms with E-state index >= 15 is 0 Å². The third-order valence-corrected chi connectivity index (χ3v) is 10.1. The highest BCUT2D eigenvalue weighted by Gasteiger charge is 2.25. The van der Waals surface area contributed by atoms with E-state index in [-0.39, 0.29) is 23.7 Å². The maximum Gasteiger partial charge on any atom is 0.211 e. The topological polar surface area (TPSA) is 117 Å².